The van der Waals surface area contributed by atoms with Crippen LogP contribution in [0.5, 0.6) is 0 Å². The van der Waals surface area contributed by atoms with Crippen LogP contribution in [0.3, 0.4) is 0 Å². The van der Waals surface area contributed by atoms with Crippen LogP contribution in [-0.2, 0) is 20.0 Å². The molecule has 0 fully saturated rings. The number of hydrogen-bond donors (Lipinski definition) is 1. The van der Waals surface area contributed by atoms with E-state index in [-0.39, 0.29) is 6.42 Å². The first-order valence-corrected chi connectivity index (χ1v) is 6.98. The Kier molecular flexibility index (Phi) is 4.55. The minimum atomic E-state index is -5.82. The Morgan fingerprint density at radius 3 is 1.93 bits per heavy atom. The molecule has 0 aromatic heterocycles. The highest BCUT2D eigenvalue weighted by atomic mass is 32.3. The van der Waals surface area contributed by atoms with Crippen LogP contribution in [0.4, 0.5) is 13.2 Å². The summed E-state index contributed by atoms with van der Waals surface area (Å²) in [6.45, 7) is 1.62. The van der Waals surface area contributed by atoms with Gasteiger partial charge in [-0.15, -0.1) is 4.13 Å². The van der Waals surface area contributed by atoms with Gasteiger partial charge in [0.25, 0.3) is 0 Å². The van der Waals surface area contributed by atoms with E-state index in [0.29, 0.717) is 10.5 Å². The molecule has 0 rings (SSSR count). The molecule has 0 saturated carbocycles. The molecule has 0 saturated heterocycles. The summed E-state index contributed by atoms with van der Waals surface area (Å²) in [6.07, 6.45) is 0.510. The van der Waals surface area contributed by atoms with Crippen LogP contribution in [0.1, 0.15) is 19.8 Å². The first kappa shape index (κ1) is 14.6. The highest BCUT2D eigenvalue weighted by molar-refractivity contribution is 8.05. The number of alkyl halides is 3. The van der Waals surface area contributed by atoms with E-state index in [1.807, 2.05) is 0 Å². The molecular formula is C5H10F3NO4S2. The Balaban J connectivity index is 4.76. The second-order valence-electron chi connectivity index (χ2n) is 2.70. The standard InChI is InChI=1S/C5H10F3NO4S2/c1-2-3-4-14(10,11)9-15(12,13)5(6,7)8/h9H,2-4H2,1H3. The van der Waals surface area contributed by atoms with Gasteiger partial charge < -0.3 is 0 Å². The number of hydrogen-bond acceptors (Lipinski definition) is 4. The van der Waals surface area contributed by atoms with Crippen molar-refractivity contribution in [1.29, 1.82) is 0 Å². The largest absolute Gasteiger partial charge is 0.512 e. The van der Waals surface area contributed by atoms with Crippen molar-refractivity contribution in [2.45, 2.75) is 25.3 Å². The average Bonchev–Trinajstić information content (AvgIpc) is 1.96. The molecule has 0 radical (unpaired) electrons. The molecule has 0 unspecified atom stereocenters. The maximum atomic E-state index is 11.8. The van der Waals surface area contributed by atoms with Crippen LogP contribution < -0.4 is 4.13 Å². The van der Waals surface area contributed by atoms with E-state index in [9.17, 15) is 30.0 Å². The highest BCUT2D eigenvalue weighted by Gasteiger charge is 2.48. The molecule has 0 aliphatic carbocycles. The van der Waals surface area contributed by atoms with Crippen molar-refractivity contribution in [3.05, 3.63) is 0 Å². The lowest BCUT2D eigenvalue weighted by atomic mass is 10.4. The zero-order chi connectivity index (χ0) is 12.3. The third kappa shape index (κ3) is 4.80. The van der Waals surface area contributed by atoms with E-state index in [2.05, 4.69) is 0 Å². The molecule has 0 aromatic rings. The third-order valence-electron chi connectivity index (χ3n) is 1.31. The van der Waals surface area contributed by atoms with Gasteiger partial charge in [-0.05, 0) is 6.42 Å². The van der Waals surface area contributed by atoms with Gasteiger partial charge in [0.1, 0.15) is 0 Å². The Bertz CT molecular complexity index is 396. The lowest BCUT2D eigenvalue weighted by Crippen LogP contribution is -2.41. The summed E-state index contributed by atoms with van der Waals surface area (Å²) in [5.74, 6) is -0.654. The van der Waals surface area contributed by atoms with Crippen molar-refractivity contribution in [3.8, 4) is 0 Å². The molecule has 0 bridgehead atoms. The van der Waals surface area contributed by atoms with Gasteiger partial charge in [-0.1, -0.05) is 13.3 Å². The molecule has 10 heteroatoms. The van der Waals surface area contributed by atoms with Gasteiger partial charge in [-0.3, -0.25) is 0 Å². The molecule has 0 atom stereocenters. The molecule has 1 N–H and O–H groups in total. The molecule has 0 aromatic carbocycles. The summed E-state index contributed by atoms with van der Waals surface area (Å²) in [5, 5.41) is 0. The number of rotatable bonds is 5. The summed E-state index contributed by atoms with van der Waals surface area (Å²) in [6, 6.07) is 0. The zero-order valence-corrected chi connectivity index (χ0v) is 9.34. The molecule has 0 aliphatic heterocycles. The fourth-order valence-corrected chi connectivity index (χ4v) is 3.31. The normalized spacial score (nSPS) is 14.1. The molecule has 0 amide bonds. The molecule has 92 valence electrons. The van der Waals surface area contributed by atoms with Crippen LogP contribution in [0.2, 0.25) is 0 Å². The highest BCUT2D eigenvalue weighted by Crippen LogP contribution is 2.22. The van der Waals surface area contributed by atoms with E-state index >= 15 is 0 Å². The van der Waals surface area contributed by atoms with E-state index in [0.717, 1.165) is 0 Å². The van der Waals surface area contributed by atoms with Gasteiger partial charge >= 0.3 is 15.5 Å². The van der Waals surface area contributed by atoms with E-state index < -0.39 is 31.3 Å². The van der Waals surface area contributed by atoms with E-state index in [1.165, 1.54) is 0 Å². The van der Waals surface area contributed by atoms with Crippen molar-refractivity contribution in [3.63, 3.8) is 0 Å². The van der Waals surface area contributed by atoms with E-state index in [1.54, 1.807) is 6.92 Å². The summed E-state index contributed by atoms with van der Waals surface area (Å²) in [5.41, 5.74) is -5.62. The summed E-state index contributed by atoms with van der Waals surface area (Å²) in [4.78, 5) is 0. The number of halogens is 3. The smallest absolute Gasteiger partial charge is 0.211 e. The molecule has 0 aliphatic rings. The second kappa shape index (κ2) is 4.66. The first-order chi connectivity index (χ1) is 6.52. The van der Waals surface area contributed by atoms with Crippen LogP contribution >= 0.6 is 0 Å². The third-order valence-corrected chi connectivity index (χ3v) is 4.64. The van der Waals surface area contributed by atoms with Gasteiger partial charge in [-0.2, -0.15) is 13.2 Å². The first-order valence-electron chi connectivity index (χ1n) is 3.84. The SMILES string of the molecule is CCCCS(=O)(=O)NS(=O)(=O)C(F)(F)F. The van der Waals surface area contributed by atoms with Crippen molar-refractivity contribution in [2.24, 2.45) is 0 Å². The average molecular weight is 269 g/mol. The minimum absolute atomic E-state index is 0.0860. The molecule has 0 spiro atoms. The second-order valence-corrected chi connectivity index (χ2v) is 6.48. The zero-order valence-electron chi connectivity index (χ0n) is 7.70. The van der Waals surface area contributed by atoms with Gasteiger partial charge in [-0.25, -0.2) is 16.8 Å². The monoisotopic (exact) mass is 269 g/mol. The summed E-state index contributed by atoms with van der Waals surface area (Å²) < 4.78 is 78.5. The van der Waals surface area contributed by atoms with Crippen molar-refractivity contribution >= 4 is 20.0 Å². The number of nitrogens with one attached hydrogen (secondary N) is 1. The Morgan fingerprint density at radius 2 is 1.60 bits per heavy atom. The van der Waals surface area contributed by atoms with Gasteiger partial charge in [0.2, 0.25) is 10.0 Å². The number of unbranched alkanes of at least 4 members (excludes halogenated alkanes) is 1. The minimum Gasteiger partial charge on any atom is -0.211 e. The molecule has 0 heterocycles. The van der Waals surface area contributed by atoms with Crippen molar-refractivity contribution in [2.75, 3.05) is 5.75 Å². The summed E-state index contributed by atoms with van der Waals surface area (Å²) in [7, 11) is -10.3. The molecule has 15 heavy (non-hydrogen) atoms. The lowest BCUT2D eigenvalue weighted by Gasteiger charge is -2.09. The predicted octanol–water partition coefficient (Wildman–Crippen LogP) is 0.556. The topological polar surface area (TPSA) is 80.3 Å². The lowest BCUT2D eigenvalue weighted by molar-refractivity contribution is -0.0441. The molecular weight excluding hydrogens is 259 g/mol. The van der Waals surface area contributed by atoms with Crippen molar-refractivity contribution in [1.82, 2.24) is 4.13 Å². The van der Waals surface area contributed by atoms with Crippen LogP contribution in [0, 0.1) is 0 Å². The van der Waals surface area contributed by atoms with Crippen molar-refractivity contribution < 1.29 is 30.0 Å². The number of sulfonamides is 2. The Morgan fingerprint density at radius 1 is 1.13 bits per heavy atom. The molecule has 5 nitrogen and oxygen atoms in total. The summed E-state index contributed by atoms with van der Waals surface area (Å²) >= 11 is 0. The van der Waals surface area contributed by atoms with Gasteiger partial charge in [0.05, 0.1) is 5.75 Å². The Labute approximate surface area is 85.8 Å². The van der Waals surface area contributed by atoms with Gasteiger partial charge in [0.15, 0.2) is 0 Å². The maximum Gasteiger partial charge on any atom is 0.512 e. The van der Waals surface area contributed by atoms with Crippen LogP contribution in [0.25, 0.3) is 0 Å². The van der Waals surface area contributed by atoms with Crippen LogP contribution in [0.15, 0.2) is 0 Å². The van der Waals surface area contributed by atoms with E-state index in [4.69, 9.17) is 0 Å². The Hall–Kier alpha value is -0.350. The quantitative estimate of drug-likeness (QED) is 0.790. The predicted molar refractivity (Wildman–Crippen MR) is 46.8 cm³/mol. The fraction of sp³-hybridized carbons (Fsp3) is 1.00. The van der Waals surface area contributed by atoms with Crippen LogP contribution in [-0.4, -0.2) is 28.1 Å². The van der Waals surface area contributed by atoms with Gasteiger partial charge in [0, 0.05) is 0 Å². The fourth-order valence-electron chi connectivity index (χ4n) is 0.590. The maximum absolute atomic E-state index is 11.8.